The zero-order valence-electron chi connectivity index (χ0n) is 26.5. The van der Waals surface area contributed by atoms with Gasteiger partial charge in [-0.1, -0.05) is 69.5 Å². The van der Waals surface area contributed by atoms with E-state index in [0.29, 0.717) is 36.5 Å². The highest BCUT2D eigenvalue weighted by Gasteiger charge is 2.63. The lowest BCUT2D eigenvalue weighted by Crippen LogP contribution is -2.59. The average Bonchev–Trinajstić information content (AvgIpc) is 3.42. The number of carbonyl (C=O) groups is 1. The van der Waals surface area contributed by atoms with Gasteiger partial charge < -0.3 is 25.1 Å². The number of benzene rings is 2. The SMILES string of the molecule is CC1(N)CCOc2cc(S(=O)(=O)N[C@@H](Cc3ccccc3)C(=O)N[C@@H](CC3CCC3)B3OC4[C@H]5C[C@@H](C[C@H]4O3)C5(C)C)ccc21. The second-order valence-electron chi connectivity index (χ2n) is 14.9. The molecule has 2 heterocycles. The van der Waals surface area contributed by atoms with Crippen LogP contribution in [0.2, 0.25) is 0 Å². The number of sulfonamides is 1. The molecule has 2 aliphatic heterocycles. The fraction of sp³-hybridized carbons (Fsp3) is 0.618. The van der Waals surface area contributed by atoms with E-state index in [1.807, 2.05) is 37.3 Å². The second kappa shape index (κ2) is 11.7. The Bertz CT molecular complexity index is 1530. The molecule has 0 radical (unpaired) electrons. The van der Waals surface area contributed by atoms with E-state index in [0.717, 1.165) is 36.8 Å². The molecule has 1 amide bonds. The Balaban J connectivity index is 1.12. The molecule has 2 aromatic carbocycles. The van der Waals surface area contributed by atoms with Crippen molar-refractivity contribution in [3.63, 3.8) is 0 Å². The van der Waals surface area contributed by atoms with E-state index in [4.69, 9.17) is 19.8 Å². The number of rotatable bonds is 10. The standard InChI is InChI=1S/C34H46BN3O6S/c1-33(2)23-18-26(33)31-29(19-23)43-35(44-31)30(17-22-10-7-11-22)37-32(39)27(16-21-8-5-4-6-9-21)38-45(40,41)24-12-13-25-28(20-24)42-15-14-34(25,3)36/h4-6,8-9,12-13,20,22-23,26-27,29-31,38H,7,10-11,14-19,36H2,1-3H3,(H,37,39)/t23-,26+,27-,29+,30-,31?,34?/m0/s1. The molecule has 4 N–H and O–H groups in total. The van der Waals surface area contributed by atoms with Gasteiger partial charge in [-0.05, 0) is 67.4 Å². The van der Waals surface area contributed by atoms with Crippen LogP contribution in [-0.2, 0) is 36.1 Å². The molecule has 2 bridgehead atoms. The van der Waals surface area contributed by atoms with Gasteiger partial charge in [0, 0.05) is 23.6 Å². The summed E-state index contributed by atoms with van der Waals surface area (Å²) in [7, 11) is -4.64. The van der Waals surface area contributed by atoms with E-state index in [9.17, 15) is 13.2 Å². The molecule has 5 fully saturated rings. The van der Waals surface area contributed by atoms with Gasteiger partial charge in [-0.3, -0.25) is 4.79 Å². The van der Waals surface area contributed by atoms with Gasteiger partial charge in [-0.15, -0.1) is 0 Å². The van der Waals surface area contributed by atoms with Crippen LogP contribution in [0.15, 0.2) is 53.4 Å². The van der Waals surface area contributed by atoms with Crippen LogP contribution < -0.4 is 20.5 Å². The van der Waals surface area contributed by atoms with Crippen molar-refractivity contribution >= 4 is 23.0 Å². The second-order valence-corrected chi connectivity index (χ2v) is 16.6. The van der Waals surface area contributed by atoms with Gasteiger partial charge in [-0.2, -0.15) is 4.72 Å². The molecule has 45 heavy (non-hydrogen) atoms. The zero-order chi connectivity index (χ0) is 31.6. The predicted octanol–water partition coefficient (Wildman–Crippen LogP) is 4.09. The van der Waals surface area contributed by atoms with Gasteiger partial charge in [0.2, 0.25) is 15.9 Å². The molecule has 4 aliphatic carbocycles. The maximum Gasteiger partial charge on any atom is 0.481 e. The third-order valence-corrected chi connectivity index (χ3v) is 13.0. The average molecular weight is 636 g/mol. The maximum atomic E-state index is 14.1. The Morgan fingerprint density at radius 1 is 1.09 bits per heavy atom. The summed E-state index contributed by atoms with van der Waals surface area (Å²) >= 11 is 0. The molecular weight excluding hydrogens is 589 g/mol. The first-order chi connectivity index (χ1) is 21.4. The van der Waals surface area contributed by atoms with Gasteiger partial charge in [-0.25, -0.2) is 8.42 Å². The summed E-state index contributed by atoms with van der Waals surface area (Å²) in [5.41, 5.74) is 7.70. The van der Waals surface area contributed by atoms with Gasteiger partial charge in [0.25, 0.3) is 0 Å². The third kappa shape index (κ3) is 5.95. The first-order valence-electron chi connectivity index (χ1n) is 16.6. The van der Waals surface area contributed by atoms with E-state index in [1.165, 1.54) is 25.0 Å². The van der Waals surface area contributed by atoms with Crippen molar-refractivity contribution < 1.29 is 27.3 Å². The lowest BCUT2D eigenvalue weighted by Gasteiger charge is -2.60. The molecule has 242 valence electrons. The van der Waals surface area contributed by atoms with Crippen LogP contribution in [0.5, 0.6) is 5.75 Å². The summed E-state index contributed by atoms with van der Waals surface area (Å²) in [5.74, 6) is 1.29. The highest BCUT2D eigenvalue weighted by atomic mass is 32.2. The molecule has 7 atom stereocenters. The number of hydrogen-bond donors (Lipinski definition) is 3. The van der Waals surface area contributed by atoms with Crippen molar-refractivity contribution in [1.82, 2.24) is 10.0 Å². The van der Waals surface area contributed by atoms with Crippen molar-refractivity contribution in [2.45, 2.75) is 107 Å². The summed E-state index contributed by atoms with van der Waals surface area (Å²) in [4.78, 5) is 14.2. The summed E-state index contributed by atoms with van der Waals surface area (Å²) in [5, 5.41) is 3.21. The molecule has 2 aromatic rings. The number of carbonyl (C=O) groups excluding carboxylic acids is 1. The maximum absolute atomic E-state index is 14.1. The minimum atomic E-state index is -4.09. The number of amides is 1. The number of fused-ring (bicyclic) bond motifs is 1. The quantitative estimate of drug-likeness (QED) is 0.336. The van der Waals surface area contributed by atoms with E-state index in [2.05, 4.69) is 23.9 Å². The number of nitrogens with one attached hydrogen (secondary N) is 2. The molecule has 2 unspecified atom stereocenters. The Morgan fingerprint density at radius 2 is 1.87 bits per heavy atom. The smallest absolute Gasteiger partial charge is 0.481 e. The minimum absolute atomic E-state index is 0.0315. The summed E-state index contributed by atoms with van der Waals surface area (Å²) in [6, 6.07) is 13.2. The minimum Gasteiger partial charge on any atom is -0.493 e. The van der Waals surface area contributed by atoms with Crippen LogP contribution in [0.3, 0.4) is 0 Å². The van der Waals surface area contributed by atoms with Crippen molar-refractivity contribution in [2.24, 2.45) is 28.9 Å². The van der Waals surface area contributed by atoms with E-state index >= 15 is 0 Å². The Kier molecular flexibility index (Phi) is 8.08. The highest BCUT2D eigenvalue weighted by Crippen LogP contribution is 2.61. The van der Waals surface area contributed by atoms with Gasteiger partial charge in [0.15, 0.2) is 0 Å². The summed E-state index contributed by atoms with van der Waals surface area (Å²) < 4.78 is 49.3. The predicted molar refractivity (Wildman–Crippen MR) is 172 cm³/mol. The van der Waals surface area contributed by atoms with Crippen molar-refractivity contribution in [2.75, 3.05) is 6.61 Å². The van der Waals surface area contributed by atoms with Crippen LogP contribution >= 0.6 is 0 Å². The monoisotopic (exact) mass is 635 g/mol. The van der Waals surface area contributed by atoms with E-state index in [-0.39, 0.29) is 40.8 Å². The Hall–Kier alpha value is -2.44. The van der Waals surface area contributed by atoms with Crippen molar-refractivity contribution in [3.8, 4) is 5.75 Å². The largest absolute Gasteiger partial charge is 0.493 e. The molecule has 6 aliphatic rings. The molecule has 0 spiro atoms. The lowest BCUT2D eigenvalue weighted by atomic mass is 9.47. The molecule has 1 saturated heterocycles. The highest BCUT2D eigenvalue weighted by molar-refractivity contribution is 7.89. The van der Waals surface area contributed by atoms with Crippen LogP contribution in [0.1, 0.15) is 76.8 Å². The normalized spacial score (nSPS) is 31.4. The Labute approximate surface area is 267 Å². The van der Waals surface area contributed by atoms with Crippen molar-refractivity contribution in [3.05, 3.63) is 59.7 Å². The lowest BCUT2D eigenvalue weighted by molar-refractivity contribution is -0.150. The summed E-state index contributed by atoms with van der Waals surface area (Å²) in [6.45, 7) is 6.98. The Morgan fingerprint density at radius 3 is 2.58 bits per heavy atom. The molecule has 9 nitrogen and oxygen atoms in total. The fourth-order valence-corrected chi connectivity index (χ4v) is 9.43. The topological polar surface area (TPSA) is 129 Å². The number of nitrogens with two attached hydrogens (primary N) is 1. The van der Waals surface area contributed by atoms with Crippen molar-refractivity contribution in [1.29, 1.82) is 0 Å². The van der Waals surface area contributed by atoms with Crippen LogP contribution in [0.4, 0.5) is 0 Å². The van der Waals surface area contributed by atoms with Crippen LogP contribution in [0, 0.1) is 23.2 Å². The first-order valence-corrected chi connectivity index (χ1v) is 18.1. The van der Waals surface area contributed by atoms with Gasteiger partial charge in [0.1, 0.15) is 11.8 Å². The van der Waals surface area contributed by atoms with Gasteiger partial charge >= 0.3 is 7.12 Å². The number of hydrogen-bond acceptors (Lipinski definition) is 7. The van der Waals surface area contributed by atoms with Crippen LogP contribution in [0.25, 0.3) is 0 Å². The molecule has 0 aromatic heterocycles. The summed E-state index contributed by atoms with van der Waals surface area (Å²) in [6.07, 6.45) is 7.24. The van der Waals surface area contributed by atoms with Crippen LogP contribution in [-0.4, -0.2) is 52.2 Å². The van der Waals surface area contributed by atoms with E-state index in [1.54, 1.807) is 6.07 Å². The fourth-order valence-electron chi connectivity index (χ4n) is 8.22. The molecule has 4 saturated carbocycles. The number of ether oxygens (including phenoxy) is 1. The molecular formula is C34H46BN3O6S. The molecule has 8 rings (SSSR count). The zero-order valence-corrected chi connectivity index (χ0v) is 27.4. The third-order valence-electron chi connectivity index (χ3n) is 11.5. The first kappa shape index (κ1) is 31.2. The molecule has 11 heteroatoms. The van der Waals surface area contributed by atoms with Gasteiger partial charge in [0.05, 0.1) is 29.7 Å². The van der Waals surface area contributed by atoms with E-state index < -0.39 is 28.7 Å².